The van der Waals surface area contributed by atoms with Crippen molar-refractivity contribution in [1.82, 2.24) is 25.4 Å². The molecule has 4 unspecified atom stereocenters. The van der Waals surface area contributed by atoms with Crippen LogP contribution in [0.2, 0.25) is 5.02 Å². The smallest absolute Gasteiger partial charge is 0.322 e. The van der Waals surface area contributed by atoms with E-state index >= 15 is 0 Å². The summed E-state index contributed by atoms with van der Waals surface area (Å²) in [6, 6.07) is 7.48. The molecular formula is C24H29ClN6O3. The minimum absolute atomic E-state index is 0.110. The molecule has 1 aliphatic heterocycles. The van der Waals surface area contributed by atoms with Gasteiger partial charge in [0.25, 0.3) is 0 Å². The lowest BCUT2D eigenvalue weighted by atomic mass is 9.75. The minimum atomic E-state index is -0.794. The van der Waals surface area contributed by atoms with Gasteiger partial charge in [0.15, 0.2) is 0 Å². The topological polar surface area (TPSA) is 113 Å². The van der Waals surface area contributed by atoms with Gasteiger partial charge in [-0.25, -0.2) is 15.4 Å². The van der Waals surface area contributed by atoms with Crippen molar-refractivity contribution < 1.29 is 14.6 Å². The predicted molar refractivity (Wildman–Crippen MR) is 130 cm³/mol. The fourth-order valence-corrected chi connectivity index (χ4v) is 5.74. The third kappa shape index (κ3) is 4.19. The molecule has 0 amide bonds. The highest BCUT2D eigenvalue weighted by Crippen LogP contribution is 2.39. The normalized spacial score (nSPS) is 24.2. The maximum Gasteiger partial charge on any atom is 0.322 e. The lowest BCUT2D eigenvalue weighted by Gasteiger charge is -2.31. The first-order chi connectivity index (χ1) is 16.5. The summed E-state index contributed by atoms with van der Waals surface area (Å²) in [6.45, 7) is 3.46. The van der Waals surface area contributed by atoms with Gasteiger partial charge in [0, 0.05) is 53.8 Å². The number of nitrogens with zero attached hydrogens (tertiary/aromatic N) is 3. The molecule has 0 bridgehead atoms. The summed E-state index contributed by atoms with van der Waals surface area (Å²) >= 11 is 6.51. The fourth-order valence-electron chi connectivity index (χ4n) is 5.47. The van der Waals surface area contributed by atoms with Crippen molar-refractivity contribution in [3.8, 4) is 5.75 Å². The zero-order chi connectivity index (χ0) is 23.8. The number of ether oxygens (including phenoxy) is 1. The second kappa shape index (κ2) is 9.40. The number of rotatable bonds is 7. The quantitative estimate of drug-likeness (QED) is 0.404. The van der Waals surface area contributed by atoms with Crippen LogP contribution in [0.1, 0.15) is 36.6 Å². The molecule has 1 aromatic carbocycles. The van der Waals surface area contributed by atoms with E-state index in [0.29, 0.717) is 11.6 Å². The van der Waals surface area contributed by atoms with Crippen LogP contribution in [0.5, 0.6) is 5.75 Å². The number of halogens is 1. The van der Waals surface area contributed by atoms with E-state index in [2.05, 4.69) is 43.7 Å². The number of hydrogen-bond acceptors (Lipinski definition) is 7. The monoisotopic (exact) mass is 484 g/mol. The highest BCUT2D eigenvalue weighted by atomic mass is 35.5. The number of hydrogen-bond donors (Lipinski definition) is 4. The van der Waals surface area contributed by atoms with Crippen LogP contribution in [0, 0.1) is 12.8 Å². The van der Waals surface area contributed by atoms with Crippen molar-refractivity contribution in [1.29, 1.82) is 0 Å². The number of carboxylic acids is 1. The van der Waals surface area contributed by atoms with Crippen molar-refractivity contribution >= 4 is 34.3 Å². The molecule has 2 fully saturated rings. The molecule has 4 N–H and O–H groups in total. The highest BCUT2D eigenvalue weighted by molar-refractivity contribution is 6.35. The molecule has 4 atom stereocenters. The number of carbonyl (C=O) groups is 1. The Bertz CT molecular complexity index is 1210. The summed E-state index contributed by atoms with van der Waals surface area (Å²) in [4.78, 5) is 20.4. The summed E-state index contributed by atoms with van der Waals surface area (Å²) in [5, 5.41) is 14.5. The predicted octanol–water partition coefficient (Wildman–Crippen LogP) is 3.33. The van der Waals surface area contributed by atoms with Crippen LogP contribution in [-0.4, -0.2) is 51.3 Å². The maximum absolute atomic E-state index is 11.4. The van der Waals surface area contributed by atoms with Gasteiger partial charge >= 0.3 is 5.97 Å². The number of benzene rings is 1. The van der Waals surface area contributed by atoms with E-state index in [1.165, 1.54) is 0 Å². The van der Waals surface area contributed by atoms with Crippen LogP contribution in [-0.2, 0) is 11.3 Å². The summed E-state index contributed by atoms with van der Waals surface area (Å²) in [6.07, 6.45) is 4.22. The van der Waals surface area contributed by atoms with Crippen LogP contribution < -0.4 is 20.9 Å². The number of anilines is 1. The zero-order valence-corrected chi connectivity index (χ0v) is 20.0. The molecule has 3 heterocycles. The van der Waals surface area contributed by atoms with E-state index in [1.807, 2.05) is 18.2 Å². The van der Waals surface area contributed by atoms with Gasteiger partial charge in [-0.1, -0.05) is 11.6 Å². The highest BCUT2D eigenvalue weighted by Gasteiger charge is 2.44. The van der Waals surface area contributed by atoms with Crippen LogP contribution in [0.25, 0.3) is 10.9 Å². The largest absolute Gasteiger partial charge is 0.496 e. The average Bonchev–Trinajstić information content (AvgIpc) is 3.41. The van der Waals surface area contributed by atoms with E-state index < -0.39 is 12.0 Å². The Kier molecular flexibility index (Phi) is 6.33. The van der Waals surface area contributed by atoms with Crippen molar-refractivity contribution in [2.24, 2.45) is 5.92 Å². The molecule has 180 valence electrons. The van der Waals surface area contributed by atoms with E-state index in [9.17, 15) is 9.90 Å². The molecule has 34 heavy (non-hydrogen) atoms. The first kappa shape index (κ1) is 22.9. The molecule has 0 spiro atoms. The SMILES string of the molecule is COc1ccc(Cl)c2c1cc(C)n2CCNc1cc(C2CCC3C(C2)NNC3C(=O)O)ncn1. The molecule has 2 aliphatic rings. The van der Waals surface area contributed by atoms with Gasteiger partial charge in [0.05, 0.1) is 17.6 Å². The summed E-state index contributed by atoms with van der Waals surface area (Å²) in [5.41, 5.74) is 9.19. The van der Waals surface area contributed by atoms with Crippen molar-refractivity contribution in [2.75, 3.05) is 19.0 Å². The van der Waals surface area contributed by atoms with Gasteiger partial charge in [0.1, 0.15) is 23.9 Å². The molecule has 1 aliphatic carbocycles. The van der Waals surface area contributed by atoms with Gasteiger partial charge in [-0.05, 0) is 44.4 Å². The third-order valence-electron chi connectivity index (χ3n) is 7.17. The first-order valence-electron chi connectivity index (χ1n) is 11.6. The Hall–Kier alpha value is -2.88. The van der Waals surface area contributed by atoms with Gasteiger partial charge < -0.3 is 19.7 Å². The number of carboxylic acid groups (broad SMARTS) is 1. The summed E-state index contributed by atoms with van der Waals surface area (Å²) in [7, 11) is 1.67. The Morgan fingerprint density at radius 3 is 2.94 bits per heavy atom. The molecule has 2 aromatic heterocycles. The molecule has 1 saturated heterocycles. The van der Waals surface area contributed by atoms with Crippen LogP contribution in [0.15, 0.2) is 30.6 Å². The molecule has 10 heteroatoms. The van der Waals surface area contributed by atoms with E-state index in [4.69, 9.17) is 16.3 Å². The average molecular weight is 485 g/mol. The number of nitrogens with one attached hydrogen (secondary N) is 3. The van der Waals surface area contributed by atoms with Crippen molar-refractivity contribution in [2.45, 2.75) is 50.7 Å². The Labute approximate surface area is 202 Å². The van der Waals surface area contributed by atoms with Crippen LogP contribution >= 0.6 is 11.6 Å². The third-order valence-corrected chi connectivity index (χ3v) is 7.47. The molecule has 5 rings (SSSR count). The molecule has 0 radical (unpaired) electrons. The van der Waals surface area contributed by atoms with Gasteiger partial charge in [0.2, 0.25) is 0 Å². The number of aryl methyl sites for hydroxylation is 1. The zero-order valence-electron chi connectivity index (χ0n) is 19.2. The molecule has 3 aromatic rings. The first-order valence-corrected chi connectivity index (χ1v) is 12.0. The molecule has 1 saturated carbocycles. The van der Waals surface area contributed by atoms with Gasteiger partial charge in [-0.15, -0.1) is 0 Å². The summed E-state index contributed by atoms with van der Waals surface area (Å²) in [5.74, 6) is 1.18. The van der Waals surface area contributed by atoms with E-state index in [1.54, 1.807) is 13.4 Å². The second-order valence-electron chi connectivity index (χ2n) is 9.09. The van der Waals surface area contributed by atoms with E-state index in [-0.39, 0.29) is 17.9 Å². The lowest BCUT2D eigenvalue weighted by Crippen LogP contribution is -2.38. The molecular weight excluding hydrogens is 456 g/mol. The number of methoxy groups -OCH3 is 1. The van der Waals surface area contributed by atoms with Crippen molar-refractivity contribution in [3.63, 3.8) is 0 Å². The number of aliphatic carboxylic acids is 1. The van der Waals surface area contributed by atoms with Crippen LogP contribution in [0.4, 0.5) is 5.82 Å². The van der Waals surface area contributed by atoms with Crippen molar-refractivity contribution in [3.05, 3.63) is 47.0 Å². The Morgan fingerprint density at radius 1 is 1.29 bits per heavy atom. The van der Waals surface area contributed by atoms with Gasteiger partial charge in [-0.3, -0.25) is 10.2 Å². The maximum atomic E-state index is 11.4. The number of hydrazine groups is 1. The fraction of sp³-hybridized carbons (Fsp3) is 0.458. The number of fused-ring (bicyclic) bond motifs is 2. The Balaban J connectivity index is 1.25. The van der Waals surface area contributed by atoms with Crippen LogP contribution in [0.3, 0.4) is 0 Å². The summed E-state index contributed by atoms with van der Waals surface area (Å²) < 4.78 is 7.69. The molecule has 9 nitrogen and oxygen atoms in total. The van der Waals surface area contributed by atoms with E-state index in [0.717, 1.165) is 59.7 Å². The minimum Gasteiger partial charge on any atom is -0.496 e. The number of aromatic nitrogens is 3. The lowest BCUT2D eigenvalue weighted by molar-refractivity contribution is -0.140. The second-order valence-corrected chi connectivity index (χ2v) is 9.50. The van der Waals surface area contributed by atoms with Gasteiger partial charge in [-0.2, -0.15) is 0 Å². The standard InChI is InChI=1S/C24H29ClN6O3/c1-13-9-16-20(34-2)6-5-17(25)23(16)31(13)8-7-26-21-11-18(27-12-28-21)14-3-4-15-19(10-14)29-30-22(15)24(32)33/h5-6,9,11-12,14-15,19,22,29-30H,3-4,7-8,10H2,1-2H3,(H,32,33)(H,26,27,28). The Morgan fingerprint density at radius 2 is 2.15 bits per heavy atom.